The van der Waals surface area contributed by atoms with E-state index < -0.39 is 17.3 Å². The zero-order valence-electron chi connectivity index (χ0n) is 11.4. The summed E-state index contributed by atoms with van der Waals surface area (Å²) in [7, 11) is 0. The molecule has 0 unspecified atom stereocenters. The molecule has 21 heavy (non-hydrogen) atoms. The summed E-state index contributed by atoms with van der Waals surface area (Å²) in [5, 5.41) is 0.813. The molecular weight excluding hydrogens is 304 g/mol. The van der Waals surface area contributed by atoms with Gasteiger partial charge in [-0.1, -0.05) is 11.6 Å². The van der Waals surface area contributed by atoms with Crippen molar-refractivity contribution >= 4 is 23.5 Å². The van der Waals surface area contributed by atoms with Crippen LogP contribution in [0.4, 0.5) is 8.78 Å². The standard InChI is InChI=1S/C12H14ClF2N5O/c1-12(2)19-10(16)18-11(17)20(12)21-5-6-7(14)3-4-8(15)9(6)13/h3-4H,5H2,1-2H3,(H4,16,17,18,19). The van der Waals surface area contributed by atoms with Gasteiger partial charge in [0.2, 0.25) is 11.9 Å². The van der Waals surface area contributed by atoms with Crippen molar-refractivity contribution in [3.8, 4) is 0 Å². The van der Waals surface area contributed by atoms with Gasteiger partial charge >= 0.3 is 0 Å². The largest absolute Gasteiger partial charge is 0.368 e. The van der Waals surface area contributed by atoms with Gasteiger partial charge in [-0.2, -0.15) is 10.1 Å². The smallest absolute Gasteiger partial charge is 0.226 e. The quantitative estimate of drug-likeness (QED) is 0.831. The summed E-state index contributed by atoms with van der Waals surface area (Å²) < 4.78 is 27.0. The van der Waals surface area contributed by atoms with Crippen LogP contribution >= 0.6 is 11.6 Å². The first kappa shape index (κ1) is 15.5. The molecule has 0 bridgehead atoms. The second-order valence-corrected chi connectivity index (χ2v) is 5.20. The number of nitrogens with zero attached hydrogens (tertiary/aromatic N) is 3. The van der Waals surface area contributed by atoms with Gasteiger partial charge in [0.1, 0.15) is 18.2 Å². The van der Waals surface area contributed by atoms with Crippen molar-refractivity contribution in [3.63, 3.8) is 0 Å². The lowest BCUT2D eigenvalue weighted by molar-refractivity contribution is -0.167. The summed E-state index contributed by atoms with van der Waals surface area (Å²) in [6.45, 7) is 3.01. The fourth-order valence-electron chi connectivity index (χ4n) is 1.85. The Labute approximate surface area is 125 Å². The molecular formula is C12H14ClF2N5O. The molecule has 0 aromatic heterocycles. The Hall–Kier alpha value is -1.93. The Bertz CT molecular complexity index is 632. The Morgan fingerprint density at radius 3 is 2.52 bits per heavy atom. The van der Waals surface area contributed by atoms with Gasteiger partial charge in [0, 0.05) is 5.56 Å². The maximum absolute atomic E-state index is 13.7. The van der Waals surface area contributed by atoms with E-state index in [1.54, 1.807) is 13.8 Å². The first-order valence-corrected chi connectivity index (χ1v) is 6.35. The Balaban J connectivity index is 2.21. The van der Waals surface area contributed by atoms with Crippen LogP contribution < -0.4 is 11.5 Å². The van der Waals surface area contributed by atoms with Crippen LogP contribution in [0.3, 0.4) is 0 Å². The van der Waals surface area contributed by atoms with E-state index in [0.717, 1.165) is 17.2 Å². The molecule has 114 valence electrons. The van der Waals surface area contributed by atoms with Crippen molar-refractivity contribution in [1.82, 2.24) is 5.06 Å². The number of aliphatic imine (C=N–C) groups is 2. The van der Waals surface area contributed by atoms with Crippen molar-refractivity contribution in [2.45, 2.75) is 26.1 Å². The molecule has 1 aromatic rings. The monoisotopic (exact) mass is 317 g/mol. The van der Waals surface area contributed by atoms with Gasteiger partial charge in [-0.25, -0.2) is 13.8 Å². The fourth-order valence-corrected chi connectivity index (χ4v) is 2.06. The third kappa shape index (κ3) is 3.06. The van der Waals surface area contributed by atoms with Gasteiger partial charge in [-0.15, -0.1) is 0 Å². The third-order valence-electron chi connectivity index (χ3n) is 2.80. The molecule has 0 atom stereocenters. The Morgan fingerprint density at radius 1 is 1.29 bits per heavy atom. The first-order valence-electron chi connectivity index (χ1n) is 5.97. The summed E-state index contributed by atoms with van der Waals surface area (Å²) in [6.07, 6.45) is 0. The number of halogens is 3. The predicted molar refractivity (Wildman–Crippen MR) is 75.3 cm³/mol. The molecule has 0 aliphatic carbocycles. The second-order valence-electron chi connectivity index (χ2n) is 4.82. The average molecular weight is 318 g/mol. The maximum atomic E-state index is 13.7. The summed E-state index contributed by atoms with van der Waals surface area (Å²) in [6, 6.07) is 1.90. The van der Waals surface area contributed by atoms with Crippen LogP contribution in [0, 0.1) is 11.6 Å². The molecule has 0 saturated carbocycles. The van der Waals surface area contributed by atoms with E-state index in [9.17, 15) is 8.78 Å². The number of rotatable bonds is 3. The molecule has 1 aliphatic rings. The molecule has 1 heterocycles. The minimum absolute atomic E-state index is 0.00678. The van der Waals surface area contributed by atoms with E-state index in [0.29, 0.717) is 0 Å². The van der Waals surface area contributed by atoms with E-state index in [2.05, 4.69) is 9.98 Å². The van der Waals surface area contributed by atoms with Crippen molar-refractivity contribution < 1.29 is 13.6 Å². The van der Waals surface area contributed by atoms with Crippen molar-refractivity contribution in [1.29, 1.82) is 0 Å². The van der Waals surface area contributed by atoms with Crippen molar-refractivity contribution in [3.05, 3.63) is 34.4 Å². The molecule has 0 radical (unpaired) electrons. The minimum Gasteiger partial charge on any atom is -0.368 e. The Kier molecular flexibility index (Phi) is 4.02. The average Bonchev–Trinajstić information content (AvgIpc) is 2.35. The van der Waals surface area contributed by atoms with Crippen LogP contribution in [0.5, 0.6) is 0 Å². The van der Waals surface area contributed by atoms with Crippen LogP contribution in [0.15, 0.2) is 22.1 Å². The molecule has 6 nitrogen and oxygen atoms in total. The molecule has 0 amide bonds. The Morgan fingerprint density at radius 2 is 1.90 bits per heavy atom. The molecule has 4 N–H and O–H groups in total. The second kappa shape index (κ2) is 5.45. The molecule has 0 fully saturated rings. The highest BCUT2D eigenvalue weighted by Crippen LogP contribution is 2.26. The van der Waals surface area contributed by atoms with Crippen molar-refractivity contribution in [2.24, 2.45) is 21.5 Å². The highest BCUT2D eigenvalue weighted by molar-refractivity contribution is 6.31. The first-order chi connectivity index (χ1) is 9.72. The van der Waals surface area contributed by atoms with E-state index in [-0.39, 0.29) is 29.1 Å². The van der Waals surface area contributed by atoms with E-state index in [1.165, 1.54) is 0 Å². The van der Waals surface area contributed by atoms with Crippen LogP contribution in [-0.4, -0.2) is 22.6 Å². The lowest BCUT2D eigenvalue weighted by Crippen LogP contribution is -2.53. The van der Waals surface area contributed by atoms with Crippen molar-refractivity contribution in [2.75, 3.05) is 0 Å². The number of benzene rings is 1. The van der Waals surface area contributed by atoms with Gasteiger partial charge in [0.25, 0.3) is 0 Å². The molecule has 0 saturated heterocycles. The van der Waals surface area contributed by atoms with E-state index in [4.69, 9.17) is 27.9 Å². The van der Waals surface area contributed by atoms with E-state index in [1.807, 2.05) is 0 Å². The topological polar surface area (TPSA) is 89.2 Å². The molecule has 9 heteroatoms. The van der Waals surface area contributed by atoms with Crippen LogP contribution in [-0.2, 0) is 11.4 Å². The highest BCUT2D eigenvalue weighted by atomic mass is 35.5. The van der Waals surface area contributed by atoms with Crippen LogP contribution in [0.2, 0.25) is 5.02 Å². The predicted octanol–water partition coefficient (Wildman–Crippen LogP) is 1.73. The number of hydroxylamine groups is 2. The summed E-state index contributed by atoms with van der Waals surface area (Å²) in [4.78, 5) is 13.2. The lowest BCUT2D eigenvalue weighted by Gasteiger charge is -2.36. The zero-order valence-corrected chi connectivity index (χ0v) is 12.2. The van der Waals surface area contributed by atoms with Gasteiger partial charge in [0.05, 0.1) is 5.02 Å². The molecule has 2 rings (SSSR count). The fraction of sp³-hybridized carbons (Fsp3) is 0.333. The number of hydrogen-bond donors (Lipinski definition) is 2. The summed E-state index contributed by atoms with van der Waals surface area (Å²) in [5.41, 5.74) is 10.2. The van der Waals surface area contributed by atoms with E-state index >= 15 is 0 Å². The number of nitrogens with two attached hydrogens (primary N) is 2. The number of hydrogen-bond acceptors (Lipinski definition) is 6. The highest BCUT2D eigenvalue weighted by Gasteiger charge is 2.33. The van der Waals surface area contributed by atoms with Gasteiger partial charge in [0.15, 0.2) is 5.66 Å². The minimum atomic E-state index is -0.938. The number of guanidine groups is 2. The maximum Gasteiger partial charge on any atom is 0.226 e. The third-order valence-corrected chi connectivity index (χ3v) is 3.21. The van der Waals surface area contributed by atoms with Crippen LogP contribution in [0.1, 0.15) is 19.4 Å². The molecule has 1 aliphatic heterocycles. The summed E-state index contributed by atoms with van der Waals surface area (Å²) in [5.74, 6) is -1.46. The molecule has 0 spiro atoms. The SMILES string of the molecule is CC1(C)N=C(N)N=C(N)N1OCc1c(F)ccc(F)c1Cl. The zero-order chi connectivity index (χ0) is 15.8. The normalized spacial score (nSPS) is 17.5. The van der Waals surface area contributed by atoms with Gasteiger partial charge in [-0.05, 0) is 26.0 Å². The summed E-state index contributed by atoms with van der Waals surface area (Å²) >= 11 is 5.72. The van der Waals surface area contributed by atoms with Crippen LogP contribution in [0.25, 0.3) is 0 Å². The lowest BCUT2D eigenvalue weighted by atomic mass is 10.2. The molecule has 1 aromatic carbocycles. The van der Waals surface area contributed by atoms with Gasteiger partial charge < -0.3 is 11.5 Å². The van der Waals surface area contributed by atoms with Gasteiger partial charge in [-0.3, -0.25) is 4.84 Å².